The number of nitrogens with one attached hydrogen (secondary N) is 2. The van der Waals surface area contributed by atoms with Gasteiger partial charge in [-0.05, 0) is 34.1 Å². The minimum atomic E-state index is -1.11. The van der Waals surface area contributed by atoms with E-state index >= 15 is 0 Å². The van der Waals surface area contributed by atoms with Crippen molar-refractivity contribution in [2.24, 2.45) is 0 Å². The van der Waals surface area contributed by atoms with Crippen molar-refractivity contribution in [2.45, 2.75) is 0 Å². The van der Waals surface area contributed by atoms with Crippen molar-refractivity contribution in [3.63, 3.8) is 0 Å². The number of benzene rings is 1. The van der Waals surface area contributed by atoms with E-state index in [1.807, 2.05) is 0 Å². The molecule has 0 unspecified atom stereocenters. The van der Waals surface area contributed by atoms with Crippen molar-refractivity contribution >= 4 is 33.0 Å². The van der Waals surface area contributed by atoms with Crippen LogP contribution in [-0.4, -0.2) is 26.3 Å². The molecule has 0 aliphatic heterocycles. The van der Waals surface area contributed by atoms with Crippen molar-refractivity contribution in [3.8, 4) is 11.3 Å². The van der Waals surface area contributed by atoms with Gasteiger partial charge in [0.05, 0.1) is 9.99 Å². The lowest BCUT2D eigenvalue weighted by Gasteiger charge is -1.97. The maximum atomic E-state index is 11.1. The molecule has 0 radical (unpaired) electrons. The van der Waals surface area contributed by atoms with Gasteiger partial charge >= 0.3 is 11.7 Å². The van der Waals surface area contributed by atoms with Crippen LogP contribution in [-0.2, 0) is 0 Å². The molecule has 0 amide bonds. The van der Waals surface area contributed by atoms with Crippen molar-refractivity contribution in [3.05, 3.63) is 38.9 Å². The average Bonchev–Trinajstić information content (AvgIpc) is 2.89. The van der Waals surface area contributed by atoms with E-state index in [9.17, 15) is 9.59 Å². The third kappa shape index (κ3) is 1.85. The molecule has 3 aromatic rings. The summed E-state index contributed by atoms with van der Waals surface area (Å²) in [5.41, 5.74) is 2.02. The van der Waals surface area contributed by atoms with Crippen LogP contribution in [0, 0.1) is 0 Å². The number of fused-ring (bicyclic) bond motifs is 1. The SMILES string of the molecule is O=C(O)c1[nH]nc(-c2ccc3oc(=O)[nH]c3c2)c1Br. The third-order valence-corrected chi connectivity index (χ3v) is 3.39. The number of carboxylic acids is 1. The zero-order valence-corrected chi connectivity index (χ0v) is 10.8. The predicted molar refractivity (Wildman–Crippen MR) is 69.1 cm³/mol. The first-order valence-electron chi connectivity index (χ1n) is 5.16. The Bertz CT molecular complexity index is 845. The quantitative estimate of drug-likeness (QED) is 0.667. The third-order valence-electron chi connectivity index (χ3n) is 2.61. The second-order valence-corrected chi connectivity index (χ2v) is 4.58. The van der Waals surface area contributed by atoms with Crippen LogP contribution < -0.4 is 5.76 Å². The molecule has 0 atom stereocenters. The number of oxazole rings is 1. The second-order valence-electron chi connectivity index (χ2n) is 3.79. The molecule has 2 heterocycles. The summed E-state index contributed by atoms with van der Waals surface area (Å²) in [4.78, 5) is 24.5. The molecule has 19 heavy (non-hydrogen) atoms. The van der Waals surface area contributed by atoms with E-state index in [2.05, 4.69) is 31.1 Å². The molecule has 2 aromatic heterocycles. The van der Waals surface area contributed by atoms with Crippen molar-refractivity contribution in [1.29, 1.82) is 0 Å². The minimum Gasteiger partial charge on any atom is -0.476 e. The van der Waals surface area contributed by atoms with Crippen LogP contribution in [0.3, 0.4) is 0 Å². The fourth-order valence-corrected chi connectivity index (χ4v) is 2.34. The maximum absolute atomic E-state index is 11.1. The van der Waals surface area contributed by atoms with Gasteiger partial charge in [0.15, 0.2) is 11.3 Å². The van der Waals surface area contributed by atoms with Crippen molar-refractivity contribution in [2.75, 3.05) is 0 Å². The summed E-state index contributed by atoms with van der Waals surface area (Å²) in [5.74, 6) is -1.65. The minimum absolute atomic E-state index is 0.0317. The van der Waals surface area contributed by atoms with Crippen LogP contribution >= 0.6 is 15.9 Å². The molecule has 7 nitrogen and oxygen atoms in total. The molecule has 3 rings (SSSR count). The summed E-state index contributed by atoms with van der Waals surface area (Å²) >= 11 is 3.19. The number of nitrogens with zero attached hydrogens (tertiary/aromatic N) is 1. The Morgan fingerprint density at radius 3 is 2.89 bits per heavy atom. The molecule has 0 saturated carbocycles. The summed E-state index contributed by atoms with van der Waals surface area (Å²) in [6, 6.07) is 4.96. The fraction of sp³-hybridized carbons (Fsp3) is 0. The molecule has 0 bridgehead atoms. The van der Waals surface area contributed by atoms with Crippen LogP contribution in [0.1, 0.15) is 10.5 Å². The molecular formula is C11H6BrN3O4. The summed E-state index contributed by atoms with van der Waals surface area (Å²) in [6.45, 7) is 0. The Morgan fingerprint density at radius 1 is 1.42 bits per heavy atom. The lowest BCUT2D eigenvalue weighted by atomic mass is 10.1. The van der Waals surface area contributed by atoms with Crippen LogP contribution in [0.25, 0.3) is 22.4 Å². The van der Waals surface area contributed by atoms with Crippen LogP contribution in [0.5, 0.6) is 0 Å². The van der Waals surface area contributed by atoms with Gasteiger partial charge in [-0.15, -0.1) is 0 Å². The zero-order chi connectivity index (χ0) is 13.6. The van der Waals surface area contributed by atoms with Gasteiger partial charge in [0.2, 0.25) is 0 Å². The standard InChI is InChI=1S/C11H6BrN3O4/c12-7-8(14-15-9(7)10(16)17)4-1-2-6-5(3-4)13-11(18)19-6/h1-3H,(H,13,18)(H,14,15)(H,16,17). The number of aromatic carboxylic acids is 1. The molecule has 0 saturated heterocycles. The normalized spacial score (nSPS) is 11.0. The monoisotopic (exact) mass is 323 g/mol. The van der Waals surface area contributed by atoms with Crippen LogP contribution in [0.2, 0.25) is 0 Å². The van der Waals surface area contributed by atoms with E-state index in [0.29, 0.717) is 26.8 Å². The Balaban J connectivity index is 2.18. The topological polar surface area (TPSA) is 112 Å². The molecule has 0 aliphatic rings. The first kappa shape index (κ1) is 11.7. The number of hydrogen-bond acceptors (Lipinski definition) is 4. The zero-order valence-electron chi connectivity index (χ0n) is 9.23. The molecule has 8 heteroatoms. The van der Waals surface area contributed by atoms with E-state index < -0.39 is 11.7 Å². The second kappa shape index (κ2) is 4.09. The smallest absolute Gasteiger partial charge is 0.417 e. The number of carboxylic acid groups (broad SMARTS) is 1. The van der Waals surface area contributed by atoms with Gasteiger partial charge in [-0.2, -0.15) is 5.10 Å². The summed E-state index contributed by atoms with van der Waals surface area (Å²) in [5, 5.41) is 15.3. The summed E-state index contributed by atoms with van der Waals surface area (Å²) < 4.78 is 5.24. The summed E-state index contributed by atoms with van der Waals surface area (Å²) in [6.07, 6.45) is 0. The van der Waals surface area contributed by atoms with E-state index in [1.165, 1.54) is 0 Å². The highest BCUT2D eigenvalue weighted by Crippen LogP contribution is 2.30. The molecule has 1 aromatic carbocycles. The molecular weight excluding hydrogens is 318 g/mol. The first-order valence-corrected chi connectivity index (χ1v) is 5.96. The van der Waals surface area contributed by atoms with E-state index in [1.54, 1.807) is 18.2 Å². The van der Waals surface area contributed by atoms with Gasteiger partial charge in [-0.25, -0.2) is 9.59 Å². The molecule has 0 fully saturated rings. The van der Waals surface area contributed by atoms with E-state index in [0.717, 1.165) is 0 Å². The predicted octanol–water partition coefficient (Wildman–Crippen LogP) is 1.97. The van der Waals surface area contributed by atoms with Gasteiger partial charge in [-0.1, -0.05) is 0 Å². The van der Waals surface area contributed by atoms with Crippen molar-refractivity contribution in [1.82, 2.24) is 15.2 Å². The van der Waals surface area contributed by atoms with Gasteiger partial charge in [0, 0.05) is 5.56 Å². The lowest BCUT2D eigenvalue weighted by molar-refractivity contribution is 0.0689. The molecule has 0 spiro atoms. The Hall–Kier alpha value is -2.35. The molecule has 0 aliphatic carbocycles. The number of aromatic amines is 2. The Kier molecular flexibility index (Phi) is 2.53. The number of H-pyrrole nitrogens is 2. The number of hydrogen-bond donors (Lipinski definition) is 3. The molecule has 96 valence electrons. The number of aromatic nitrogens is 3. The number of carbonyl (C=O) groups is 1. The van der Waals surface area contributed by atoms with E-state index in [4.69, 9.17) is 9.52 Å². The highest BCUT2D eigenvalue weighted by molar-refractivity contribution is 9.10. The summed E-state index contributed by atoms with van der Waals surface area (Å²) in [7, 11) is 0. The van der Waals surface area contributed by atoms with E-state index in [-0.39, 0.29) is 5.69 Å². The van der Waals surface area contributed by atoms with Crippen LogP contribution in [0.15, 0.2) is 31.9 Å². The first-order chi connectivity index (χ1) is 9.06. The number of rotatable bonds is 2. The highest BCUT2D eigenvalue weighted by Gasteiger charge is 2.18. The highest BCUT2D eigenvalue weighted by atomic mass is 79.9. The Morgan fingerprint density at radius 2 is 2.21 bits per heavy atom. The lowest BCUT2D eigenvalue weighted by Crippen LogP contribution is -1.96. The average molecular weight is 324 g/mol. The Labute approximate surface area is 113 Å². The maximum Gasteiger partial charge on any atom is 0.417 e. The largest absolute Gasteiger partial charge is 0.476 e. The molecule has 3 N–H and O–H groups in total. The van der Waals surface area contributed by atoms with Gasteiger partial charge in [0.1, 0.15) is 5.69 Å². The van der Waals surface area contributed by atoms with Crippen LogP contribution in [0.4, 0.5) is 0 Å². The van der Waals surface area contributed by atoms with Gasteiger partial charge < -0.3 is 9.52 Å². The fourth-order valence-electron chi connectivity index (χ4n) is 1.76. The number of halogens is 1. The van der Waals surface area contributed by atoms with Gasteiger partial charge in [0.25, 0.3) is 0 Å². The van der Waals surface area contributed by atoms with Crippen molar-refractivity contribution < 1.29 is 14.3 Å². The van der Waals surface area contributed by atoms with Gasteiger partial charge in [-0.3, -0.25) is 10.1 Å².